The van der Waals surface area contributed by atoms with Crippen LogP contribution in [0, 0.1) is 5.82 Å². The lowest BCUT2D eigenvalue weighted by Crippen LogP contribution is -2.18. The molecule has 3 aromatic rings. The second-order valence-electron chi connectivity index (χ2n) is 7.28. The second-order valence-corrected chi connectivity index (χ2v) is 7.28. The first kappa shape index (κ1) is 18.4. The molecule has 2 heterocycles. The number of anilines is 1. The van der Waals surface area contributed by atoms with Gasteiger partial charge in [-0.1, -0.05) is 19.1 Å². The van der Waals surface area contributed by atoms with E-state index in [0.717, 1.165) is 43.0 Å². The predicted molar refractivity (Wildman–Crippen MR) is 110 cm³/mol. The molecule has 2 aromatic carbocycles. The van der Waals surface area contributed by atoms with Crippen molar-refractivity contribution < 1.29 is 9.18 Å². The molecule has 0 saturated carbocycles. The first-order valence-electron chi connectivity index (χ1n) is 9.63. The van der Waals surface area contributed by atoms with Crippen molar-refractivity contribution in [3.05, 3.63) is 77.2 Å². The van der Waals surface area contributed by atoms with Gasteiger partial charge >= 0.3 is 0 Å². The van der Waals surface area contributed by atoms with Crippen molar-refractivity contribution >= 4 is 11.6 Å². The van der Waals surface area contributed by atoms with E-state index < -0.39 is 0 Å². The fraction of sp³-hybridized carbons (Fsp3) is 0.261. The Bertz CT molecular complexity index is 1010. The molecule has 144 valence electrons. The molecule has 4 rings (SSSR count). The number of aromatic nitrogens is 1. The van der Waals surface area contributed by atoms with Crippen LogP contribution in [0.25, 0.3) is 11.3 Å². The third-order valence-electron chi connectivity index (χ3n) is 5.33. The van der Waals surface area contributed by atoms with Crippen molar-refractivity contribution in [2.75, 3.05) is 11.9 Å². The van der Waals surface area contributed by atoms with E-state index in [4.69, 9.17) is 0 Å². The summed E-state index contributed by atoms with van der Waals surface area (Å²) in [5.41, 5.74) is 5.68. The molecule has 0 bridgehead atoms. The fourth-order valence-electron chi connectivity index (χ4n) is 3.92. The summed E-state index contributed by atoms with van der Waals surface area (Å²) in [6.45, 7) is 5.04. The van der Waals surface area contributed by atoms with Crippen molar-refractivity contribution in [2.45, 2.75) is 26.4 Å². The normalized spacial score (nSPS) is 13.5. The molecule has 1 aliphatic rings. The van der Waals surface area contributed by atoms with Gasteiger partial charge in [-0.3, -0.25) is 9.69 Å². The topological polar surface area (TPSA) is 37.3 Å². The molecule has 0 atom stereocenters. The summed E-state index contributed by atoms with van der Waals surface area (Å²) in [4.78, 5) is 15.3. The van der Waals surface area contributed by atoms with Crippen LogP contribution < -0.4 is 5.32 Å². The van der Waals surface area contributed by atoms with Crippen molar-refractivity contribution in [3.63, 3.8) is 0 Å². The number of fused-ring (bicyclic) bond motifs is 1. The highest BCUT2D eigenvalue weighted by molar-refractivity contribution is 6.04. The average molecular weight is 377 g/mol. The number of nitrogens with one attached hydrogen (secondary N) is 1. The van der Waals surface area contributed by atoms with Gasteiger partial charge in [-0.15, -0.1) is 0 Å². The highest BCUT2D eigenvalue weighted by atomic mass is 19.1. The first-order chi connectivity index (χ1) is 13.6. The summed E-state index contributed by atoms with van der Waals surface area (Å²) < 4.78 is 15.0. The second kappa shape index (κ2) is 7.60. The number of halogens is 1. The van der Waals surface area contributed by atoms with Gasteiger partial charge in [-0.05, 0) is 72.1 Å². The van der Waals surface area contributed by atoms with Crippen LogP contribution in [-0.4, -0.2) is 21.9 Å². The van der Waals surface area contributed by atoms with Gasteiger partial charge < -0.3 is 9.88 Å². The Morgan fingerprint density at radius 2 is 1.86 bits per heavy atom. The van der Waals surface area contributed by atoms with E-state index in [9.17, 15) is 9.18 Å². The molecule has 0 spiro atoms. The lowest BCUT2D eigenvalue weighted by molar-refractivity contribution is 0.101. The summed E-state index contributed by atoms with van der Waals surface area (Å²) in [6, 6.07) is 16.1. The third-order valence-corrected chi connectivity index (χ3v) is 5.33. The van der Waals surface area contributed by atoms with E-state index in [0.29, 0.717) is 5.69 Å². The maximum absolute atomic E-state index is 13.2. The number of benzene rings is 2. The van der Waals surface area contributed by atoms with Gasteiger partial charge in [0.05, 0.1) is 0 Å². The van der Waals surface area contributed by atoms with Gasteiger partial charge in [0.15, 0.2) is 0 Å². The summed E-state index contributed by atoms with van der Waals surface area (Å²) in [6.07, 6.45) is 1.12. The number of hydrogen-bond donors (Lipinski definition) is 1. The van der Waals surface area contributed by atoms with Crippen LogP contribution in [0.15, 0.2) is 54.6 Å². The molecule has 0 aliphatic carbocycles. The molecule has 1 amide bonds. The van der Waals surface area contributed by atoms with Gasteiger partial charge in [0, 0.05) is 31.5 Å². The molecule has 1 aliphatic heterocycles. The monoisotopic (exact) mass is 377 g/mol. The summed E-state index contributed by atoms with van der Waals surface area (Å²) in [7, 11) is 1.85. The van der Waals surface area contributed by atoms with Gasteiger partial charge in [0.25, 0.3) is 5.91 Å². The Labute approximate surface area is 164 Å². The van der Waals surface area contributed by atoms with Gasteiger partial charge in [0.2, 0.25) is 0 Å². The Balaban J connectivity index is 1.56. The zero-order valence-corrected chi connectivity index (χ0v) is 16.2. The lowest BCUT2D eigenvalue weighted by Gasteiger charge is -2.13. The Morgan fingerprint density at radius 1 is 1.07 bits per heavy atom. The van der Waals surface area contributed by atoms with Crippen LogP contribution in [0.5, 0.6) is 0 Å². The van der Waals surface area contributed by atoms with Crippen LogP contribution in [0.1, 0.15) is 35.0 Å². The molecule has 0 fully saturated rings. The van der Waals surface area contributed by atoms with E-state index in [2.05, 4.69) is 23.2 Å². The molecule has 1 aromatic heterocycles. The van der Waals surface area contributed by atoms with Crippen LogP contribution in [0.2, 0.25) is 0 Å². The van der Waals surface area contributed by atoms with E-state index >= 15 is 0 Å². The van der Waals surface area contributed by atoms with Crippen molar-refractivity contribution in [3.8, 4) is 11.3 Å². The number of rotatable bonds is 5. The molecule has 0 saturated heterocycles. The smallest absolute Gasteiger partial charge is 0.272 e. The highest BCUT2D eigenvalue weighted by Crippen LogP contribution is 2.30. The number of carbonyl (C=O) groups is 1. The quantitative estimate of drug-likeness (QED) is 0.693. The minimum atomic E-state index is -0.272. The molecule has 0 radical (unpaired) electrons. The van der Waals surface area contributed by atoms with Crippen LogP contribution in [-0.2, 0) is 20.1 Å². The Hall–Kier alpha value is -2.92. The number of amides is 1. The zero-order chi connectivity index (χ0) is 19.7. The highest BCUT2D eigenvalue weighted by Gasteiger charge is 2.22. The van der Waals surface area contributed by atoms with Gasteiger partial charge in [0.1, 0.15) is 11.5 Å². The van der Waals surface area contributed by atoms with Gasteiger partial charge in [-0.25, -0.2) is 4.39 Å². The van der Waals surface area contributed by atoms with Crippen molar-refractivity contribution in [1.29, 1.82) is 0 Å². The molecule has 1 N–H and O–H groups in total. The molecular weight excluding hydrogens is 353 g/mol. The Morgan fingerprint density at radius 3 is 2.61 bits per heavy atom. The number of carbonyl (C=O) groups excluding carboxylic acids is 1. The fourth-order valence-corrected chi connectivity index (χ4v) is 3.92. The van der Waals surface area contributed by atoms with E-state index in [-0.39, 0.29) is 11.7 Å². The van der Waals surface area contributed by atoms with Crippen molar-refractivity contribution in [2.24, 2.45) is 7.05 Å². The summed E-state index contributed by atoms with van der Waals surface area (Å²) in [5, 5.41) is 3.09. The van der Waals surface area contributed by atoms with E-state index in [1.165, 1.54) is 23.3 Å². The average Bonchev–Trinajstić information content (AvgIpc) is 3.26. The zero-order valence-electron chi connectivity index (χ0n) is 16.2. The van der Waals surface area contributed by atoms with Crippen molar-refractivity contribution in [1.82, 2.24) is 9.47 Å². The molecule has 4 nitrogen and oxygen atoms in total. The minimum Gasteiger partial charge on any atom is -0.340 e. The SMILES string of the molecule is CCCN1Cc2cccc(NC(=O)c3ccc(-c4ccc(F)cc4)n3C)c2C1. The van der Waals surface area contributed by atoms with E-state index in [1.54, 1.807) is 18.2 Å². The maximum Gasteiger partial charge on any atom is 0.272 e. The number of hydrogen-bond acceptors (Lipinski definition) is 2. The predicted octanol–water partition coefficient (Wildman–Crippen LogP) is 4.81. The van der Waals surface area contributed by atoms with Gasteiger partial charge in [-0.2, -0.15) is 0 Å². The van der Waals surface area contributed by atoms with Crippen LogP contribution in [0.3, 0.4) is 0 Å². The molecule has 0 unspecified atom stereocenters. The number of nitrogens with zero attached hydrogens (tertiary/aromatic N) is 2. The van der Waals surface area contributed by atoms with Crippen LogP contribution in [0.4, 0.5) is 10.1 Å². The Kier molecular flexibility index (Phi) is 5.01. The van der Waals surface area contributed by atoms with E-state index in [1.807, 2.05) is 29.8 Å². The summed E-state index contributed by atoms with van der Waals surface area (Å²) >= 11 is 0. The first-order valence-corrected chi connectivity index (χ1v) is 9.63. The minimum absolute atomic E-state index is 0.141. The molecule has 5 heteroatoms. The lowest BCUT2D eigenvalue weighted by atomic mass is 10.1. The molecular formula is C23H24FN3O. The third kappa shape index (κ3) is 3.45. The standard InChI is InChI=1S/C23H24FN3O/c1-3-13-27-14-17-5-4-6-20(19(17)15-27)25-23(28)22-12-11-21(26(22)2)16-7-9-18(24)10-8-16/h4-12H,3,13-15H2,1-2H3,(H,25,28). The summed E-state index contributed by atoms with van der Waals surface area (Å²) in [5.74, 6) is -0.413. The maximum atomic E-state index is 13.2. The molecule has 28 heavy (non-hydrogen) atoms. The largest absolute Gasteiger partial charge is 0.340 e. The van der Waals surface area contributed by atoms with Crippen LogP contribution >= 0.6 is 0 Å².